The predicted octanol–water partition coefficient (Wildman–Crippen LogP) is 4.29. The molecule has 12 heteroatoms. The van der Waals surface area contributed by atoms with Crippen molar-refractivity contribution in [3.63, 3.8) is 0 Å². The third-order valence-corrected chi connectivity index (χ3v) is 7.88. The Morgan fingerprint density at radius 2 is 1.79 bits per heavy atom. The van der Waals surface area contributed by atoms with Crippen LogP contribution in [0.2, 0.25) is 0 Å². The van der Waals surface area contributed by atoms with Gasteiger partial charge in [0, 0.05) is 11.4 Å². The van der Waals surface area contributed by atoms with Crippen molar-refractivity contribution >= 4 is 45.3 Å². The molecule has 1 aromatic heterocycles. The lowest BCUT2D eigenvalue weighted by Gasteiger charge is -2.25. The molecule has 1 aliphatic heterocycles. The molecule has 1 atom stereocenters. The summed E-state index contributed by atoms with van der Waals surface area (Å²) in [6.45, 7) is 8.72. The average Bonchev–Trinajstić information content (AvgIpc) is 3.23. The Balaban J connectivity index is 1.94. The quantitative estimate of drug-likeness (QED) is 0.247. The fourth-order valence-electron chi connectivity index (χ4n) is 4.51. The standard InChI is InChI=1S/C30H31BrN2O8S/c1-8-39-29(36)26-16(4)32-30-33(27(26)18-9-10-21(40-15(2)3)22(11-18)37-6)28(35)25(42-30)13-19-12-23(38-7)24(14-20(19)31)41-17(5)34/h9-15,27H,8H2,1-7H3/b25-13-/t27-/m1/s1. The lowest BCUT2D eigenvalue weighted by Crippen LogP contribution is -2.40. The third-order valence-electron chi connectivity index (χ3n) is 6.21. The Morgan fingerprint density at radius 3 is 2.40 bits per heavy atom. The van der Waals surface area contributed by atoms with Crippen molar-refractivity contribution in [3.8, 4) is 23.0 Å². The lowest BCUT2D eigenvalue weighted by molar-refractivity contribution is -0.139. The number of rotatable bonds is 9. The van der Waals surface area contributed by atoms with E-state index < -0.39 is 18.0 Å². The zero-order valence-corrected chi connectivity index (χ0v) is 26.7. The largest absolute Gasteiger partial charge is 0.493 e. The molecular formula is C30H31BrN2O8S. The van der Waals surface area contributed by atoms with E-state index in [0.29, 0.717) is 47.9 Å². The molecule has 0 saturated carbocycles. The van der Waals surface area contributed by atoms with Crippen molar-refractivity contribution in [1.82, 2.24) is 4.57 Å². The first-order chi connectivity index (χ1) is 20.0. The van der Waals surface area contributed by atoms with E-state index in [0.717, 1.165) is 0 Å². The summed E-state index contributed by atoms with van der Waals surface area (Å²) in [6.07, 6.45) is 1.61. The van der Waals surface area contributed by atoms with Crippen LogP contribution < -0.4 is 33.8 Å². The molecule has 0 bridgehead atoms. The minimum absolute atomic E-state index is 0.0827. The molecule has 0 aliphatic carbocycles. The topological polar surface area (TPSA) is 115 Å². The SMILES string of the molecule is CCOC(=O)C1=C(C)N=c2s/c(=C\c3cc(OC)c(OC(C)=O)cc3Br)c(=O)n2[C@@H]1c1ccc(OC(C)C)c(OC)c1. The van der Waals surface area contributed by atoms with Crippen LogP contribution in [0.25, 0.3) is 6.08 Å². The first-order valence-electron chi connectivity index (χ1n) is 13.1. The molecule has 4 rings (SSSR count). The second-order valence-corrected chi connectivity index (χ2v) is 11.4. The molecule has 0 amide bonds. The first kappa shape index (κ1) is 31.0. The monoisotopic (exact) mass is 658 g/mol. The van der Waals surface area contributed by atoms with Gasteiger partial charge in [-0.25, -0.2) is 9.79 Å². The first-order valence-corrected chi connectivity index (χ1v) is 14.7. The number of halogens is 1. The number of allylic oxidation sites excluding steroid dienone is 1. The number of thiazole rings is 1. The van der Waals surface area contributed by atoms with Crippen molar-refractivity contribution in [2.45, 2.75) is 46.8 Å². The minimum atomic E-state index is -0.825. The lowest BCUT2D eigenvalue weighted by atomic mass is 9.95. The van der Waals surface area contributed by atoms with Gasteiger partial charge in [-0.3, -0.25) is 14.2 Å². The molecule has 1 aliphatic rings. The molecule has 0 spiro atoms. The normalized spacial score (nSPS) is 14.8. The maximum Gasteiger partial charge on any atom is 0.338 e. The number of carbonyl (C=O) groups excluding carboxylic acids is 2. The van der Waals surface area contributed by atoms with Crippen molar-refractivity contribution < 1.29 is 33.3 Å². The fourth-order valence-corrected chi connectivity index (χ4v) is 5.98. The number of esters is 2. The molecule has 0 fully saturated rings. The highest BCUT2D eigenvalue weighted by molar-refractivity contribution is 9.10. The Kier molecular flexibility index (Phi) is 9.57. The van der Waals surface area contributed by atoms with Crippen LogP contribution in [0.15, 0.2) is 55.9 Å². The van der Waals surface area contributed by atoms with Gasteiger partial charge in [-0.05, 0) is 69.2 Å². The van der Waals surface area contributed by atoms with Gasteiger partial charge in [0.1, 0.15) is 0 Å². The van der Waals surface area contributed by atoms with E-state index in [1.807, 2.05) is 13.8 Å². The Hall–Kier alpha value is -3.90. The molecule has 0 unspecified atom stereocenters. The summed E-state index contributed by atoms with van der Waals surface area (Å²) in [6, 6.07) is 7.75. The number of aromatic nitrogens is 1. The van der Waals surface area contributed by atoms with Gasteiger partial charge in [-0.1, -0.05) is 33.3 Å². The van der Waals surface area contributed by atoms with Gasteiger partial charge < -0.3 is 23.7 Å². The number of nitrogens with zero attached hydrogens (tertiary/aromatic N) is 2. The van der Waals surface area contributed by atoms with Crippen LogP contribution in [0, 0.1) is 0 Å². The van der Waals surface area contributed by atoms with E-state index in [1.165, 1.54) is 37.0 Å². The van der Waals surface area contributed by atoms with E-state index in [-0.39, 0.29) is 29.6 Å². The van der Waals surface area contributed by atoms with Gasteiger partial charge in [0.15, 0.2) is 27.8 Å². The second-order valence-electron chi connectivity index (χ2n) is 9.50. The zero-order chi connectivity index (χ0) is 30.7. The van der Waals surface area contributed by atoms with Gasteiger partial charge in [-0.15, -0.1) is 0 Å². The summed E-state index contributed by atoms with van der Waals surface area (Å²) in [5.74, 6) is 0.510. The van der Waals surface area contributed by atoms with Crippen LogP contribution in [0.5, 0.6) is 23.0 Å². The summed E-state index contributed by atoms with van der Waals surface area (Å²) in [4.78, 5) is 43.8. The van der Waals surface area contributed by atoms with E-state index in [4.69, 9.17) is 23.7 Å². The summed E-state index contributed by atoms with van der Waals surface area (Å²) >= 11 is 4.68. The van der Waals surface area contributed by atoms with Gasteiger partial charge in [-0.2, -0.15) is 0 Å². The predicted molar refractivity (Wildman–Crippen MR) is 161 cm³/mol. The van der Waals surface area contributed by atoms with Gasteiger partial charge in [0.05, 0.1) is 48.8 Å². The van der Waals surface area contributed by atoms with E-state index in [1.54, 1.807) is 50.3 Å². The highest BCUT2D eigenvalue weighted by Gasteiger charge is 2.34. The minimum Gasteiger partial charge on any atom is -0.493 e. The third kappa shape index (κ3) is 6.29. The molecule has 0 radical (unpaired) electrons. The summed E-state index contributed by atoms with van der Waals surface area (Å²) < 4.78 is 29.9. The molecule has 42 heavy (non-hydrogen) atoms. The maximum atomic E-state index is 14.0. The molecular weight excluding hydrogens is 628 g/mol. The van der Waals surface area contributed by atoms with Gasteiger partial charge in [0.25, 0.3) is 5.56 Å². The number of ether oxygens (including phenoxy) is 5. The molecule has 10 nitrogen and oxygen atoms in total. The van der Waals surface area contributed by atoms with Crippen LogP contribution in [0.3, 0.4) is 0 Å². The summed E-state index contributed by atoms with van der Waals surface area (Å²) in [7, 11) is 2.99. The average molecular weight is 660 g/mol. The van der Waals surface area contributed by atoms with Crippen LogP contribution in [-0.2, 0) is 14.3 Å². The van der Waals surface area contributed by atoms with Crippen LogP contribution >= 0.6 is 27.3 Å². The Bertz CT molecular complexity index is 1760. The second kappa shape index (κ2) is 13.0. The van der Waals surface area contributed by atoms with E-state index >= 15 is 0 Å². The van der Waals surface area contributed by atoms with Crippen LogP contribution in [0.4, 0.5) is 0 Å². The Labute approximate surface area is 255 Å². The molecule has 3 aromatic rings. The highest BCUT2D eigenvalue weighted by Crippen LogP contribution is 2.37. The summed E-state index contributed by atoms with van der Waals surface area (Å²) in [5, 5.41) is 0. The molecule has 0 saturated heterocycles. The number of fused-ring (bicyclic) bond motifs is 1. The van der Waals surface area contributed by atoms with Crippen molar-refractivity contribution in [2.75, 3.05) is 20.8 Å². The maximum absolute atomic E-state index is 14.0. The van der Waals surface area contributed by atoms with Crippen molar-refractivity contribution in [3.05, 3.63) is 76.9 Å². The molecule has 222 valence electrons. The highest BCUT2D eigenvalue weighted by atomic mass is 79.9. The zero-order valence-electron chi connectivity index (χ0n) is 24.3. The van der Waals surface area contributed by atoms with Crippen LogP contribution in [-0.4, -0.2) is 43.4 Å². The number of hydrogen-bond donors (Lipinski definition) is 0. The van der Waals surface area contributed by atoms with E-state index in [2.05, 4.69) is 20.9 Å². The Morgan fingerprint density at radius 1 is 1.10 bits per heavy atom. The van der Waals surface area contributed by atoms with Crippen molar-refractivity contribution in [1.29, 1.82) is 0 Å². The number of methoxy groups -OCH3 is 2. The molecule has 2 aromatic carbocycles. The number of carbonyl (C=O) groups is 2. The van der Waals surface area contributed by atoms with Crippen molar-refractivity contribution in [2.24, 2.45) is 4.99 Å². The molecule has 0 N–H and O–H groups in total. The number of hydrogen-bond acceptors (Lipinski definition) is 10. The van der Waals surface area contributed by atoms with Gasteiger partial charge in [0.2, 0.25) is 0 Å². The van der Waals surface area contributed by atoms with Crippen LogP contribution in [0.1, 0.15) is 51.8 Å². The smallest absolute Gasteiger partial charge is 0.338 e. The fraction of sp³-hybridized carbons (Fsp3) is 0.333. The number of benzene rings is 2. The summed E-state index contributed by atoms with van der Waals surface area (Å²) in [5.41, 5.74) is 1.59. The molecule has 2 heterocycles. The van der Waals surface area contributed by atoms with Gasteiger partial charge >= 0.3 is 11.9 Å². The van der Waals surface area contributed by atoms with E-state index in [9.17, 15) is 14.4 Å².